The van der Waals surface area contributed by atoms with Crippen LogP contribution in [0.25, 0.3) is 0 Å². The van der Waals surface area contributed by atoms with Gasteiger partial charge in [-0.1, -0.05) is 32.9 Å². The summed E-state index contributed by atoms with van der Waals surface area (Å²) in [4.78, 5) is 0. The molecule has 1 rings (SSSR count). The maximum absolute atomic E-state index is 5.25. The number of hydrogen-bond acceptors (Lipinski definition) is 1. The van der Waals surface area contributed by atoms with Crippen molar-refractivity contribution in [3.8, 4) is 5.75 Å². The monoisotopic (exact) mass is 250 g/mol. The lowest BCUT2D eigenvalue weighted by molar-refractivity contribution is -0.737. The molecule has 0 saturated heterocycles. The summed E-state index contributed by atoms with van der Waals surface area (Å²) < 4.78 is 5.25. The minimum absolute atomic E-state index is 0.265. The van der Waals surface area contributed by atoms with Gasteiger partial charge >= 0.3 is 0 Å². The minimum Gasteiger partial charge on any atom is -0.497 e. The molecular weight excluding hydrogens is 222 g/mol. The van der Waals surface area contributed by atoms with Crippen LogP contribution in [0.2, 0.25) is 0 Å². The molecule has 0 spiro atoms. The van der Waals surface area contributed by atoms with E-state index in [-0.39, 0.29) is 5.54 Å². The van der Waals surface area contributed by atoms with Gasteiger partial charge in [0.2, 0.25) is 0 Å². The van der Waals surface area contributed by atoms with E-state index in [1.54, 1.807) is 7.11 Å². The van der Waals surface area contributed by atoms with Crippen molar-refractivity contribution < 1.29 is 10.1 Å². The number of methoxy groups -OCH3 is 1. The number of benzene rings is 1. The second-order valence-electron chi connectivity index (χ2n) is 6.99. The van der Waals surface area contributed by atoms with Crippen molar-refractivity contribution in [1.82, 2.24) is 0 Å². The van der Waals surface area contributed by atoms with Crippen molar-refractivity contribution in [2.24, 2.45) is 5.41 Å². The molecule has 0 aliphatic heterocycles. The van der Waals surface area contributed by atoms with Crippen LogP contribution in [0.5, 0.6) is 5.75 Å². The minimum atomic E-state index is 0.265. The molecule has 0 bridgehead atoms. The molecule has 18 heavy (non-hydrogen) atoms. The third-order valence-electron chi connectivity index (χ3n) is 3.01. The molecule has 2 N–H and O–H groups in total. The Labute approximate surface area is 112 Å². The predicted molar refractivity (Wildman–Crippen MR) is 76.8 cm³/mol. The van der Waals surface area contributed by atoms with Gasteiger partial charge in [0, 0.05) is 12.0 Å². The van der Waals surface area contributed by atoms with Crippen LogP contribution < -0.4 is 10.1 Å². The first kappa shape index (κ1) is 15.0. The molecule has 2 heteroatoms. The standard InChI is InChI=1S/C16H27NO/c1-15(2,3)12-16(4,5)17-11-13-8-7-9-14(10-13)18-6/h7-10,17H,11-12H2,1-6H3/p+1. The van der Waals surface area contributed by atoms with Gasteiger partial charge in [0.1, 0.15) is 12.3 Å². The Morgan fingerprint density at radius 2 is 1.78 bits per heavy atom. The number of ether oxygens (including phenoxy) is 1. The quantitative estimate of drug-likeness (QED) is 0.854. The van der Waals surface area contributed by atoms with Crippen LogP contribution >= 0.6 is 0 Å². The van der Waals surface area contributed by atoms with E-state index in [9.17, 15) is 0 Å². The third-order valence-corrected chi connectivity index (χ3v) is 3.01. The van der Waals surface area contributed by atoms with Crippen molar-refractivity contribution in [1.29, 1.82) is 0 Å². The highest BCUT2D eigenvalue weighted by Gasteiger charge is 2.28. The first-order valence-electron chi connectivity index (χ1n) is 6.69. The Bertz CT molecular complexity index is 377. The summed E-state index contributed by atoms with van der Waals surface area (Å²) in [7, 11) is 1.71. The van der Waals surface area contributed by atoms with E-state index in [0.717, 1.165) is 12.3 Å². The second kappa shape index (κ2) is 5.75. The second-order valence-corrected chi connectivity index (χ2v) is 6.99. The molecule has 0 fully saturated rings. The van der Waals surface area contributed by atoms with Gasteiger partial charge in [-0.2, -0.15) is 0 Å². The SMILES string of the molecule is COc1cccc(C[NH2+]C(C)(C)CC(C)(C)C)c1. The highest BCUT2D eigenvalue weighted by molar-refractivity contribution is 5.27. The van der Waals surface area contributed by atoms with Crippen LogP contribution in [-0.2, 0) is 6.54 Å². The largest absolute Gasteiger partial charge is 0.497 e. The van der Waals surface area contributed by atoms with Crippen LogP contribution in [0.4, 0.5) is 0 Å². The molecule has 102 valence electrons. The zero-order chi connectivity index (χ0) is 13.8. The van der Waals surface area contributed by atoms with Crippen molar-refractivity contribution in [2.45, 2.75) is 53.1 Å². The fourth-order valence-electron chi connectivity index (χ4n) is 2.63. The average molecular weight is 250 g/mol. The molecule has 0 aromatic heterocycles. The van der Waals surface area contributed by atoms with Crippen LogP contribution in [-0.4, -0.2) is 12.6 Å². The van der Waals surface area contributed by atoms with E-state index in [1.165, 1.54) is 12.0 Å². The fraction of sp³-hybridized carbons (Fsp3) is 0.625. The van der Waals surface area contributed by atoms with Crippen LogP contribution in [0, 0.1) is 5.41 Å². The Morgan fingerprint density at radius 1 is 1.11 bits per heavy atom. The molecule has 0 heterocycles. The summed E-state index contributed by atoms with van der Waals surface area (Å²) >= 11 is 0. The van der Waals surface area contributed by atoms with E-state index >= 15 is 0 Å². The lowest BCUT2D eigenvalue weighted by atomic mass is 9.82. The molecule has 2 nitrogen and oxygen atoms in total. The Morgan fingerprint density at radius 3 is 2.33 bits per heavy atom. The molecule has 0 aliphatic carbocycles. The van der Waals surface area contributed by atoms with Crippen LogP contribution in [0.1, 0.15) is 46.6 Å². The number of quaternary nitrogens is 1. The van der Waals surface area contributed by atoms with Gasteiger partial charge in [-0.25, -0.2) is 0 Å². The number of rotatable bonds is 5. The first-order valence-corrected chi connectivity index (χ1v) is 6.69. The molecule has 1 aromatic rings. The van der Waals surface area contributed by atoms with E-state index in [0.29, 0.717) is 5.41 Å². The molecule has 0 atom stereocenters. The Kier molecular flexibility index (Phi) is 4.80. The molecular formula is C16H28NO+. The van der Waals surface area contributed by atoms with Crippen molar-refractivity contribution in [3.05, 3.63) is 29.8 Å². The van der Waals surface area contributed by atoms with Gasteiger partial charge in [0.05, 0.1) is 12.6 Å². The molecule has 0 saturated carbocycles. The Hall–Kier alpha value is -1.02. The van der Waals surface area contributed by atoms with Crippen molar-refractivity contribution in [2.75, 3.05) is 7.11 Å². The maximum atomic E-state index is 5.25. The lowest BCUT2D eigenvalue weighted by Gasteiger charge is -2.30. The van der Waals surface area contributed by atoms with Gasteiger partial charge in [-0.15, -0.1) is 0 Å². The fourth-order valence-corrected chi connectivity index (χ4v) is 2.63. The van der Waals surface area contributed by atoms with Crippen molar-refractivity contribution >= 4 is 0 Å². The smallest absolute Gasteiger partial charge is 0.119 e. The molecule has 1 aromatic carbocycles. The zero-order valence-electron chi connectivity index (χ0n) is 12.7. The molecule has 0 amide bonds. The third kappa shape index (κ3) is 5.54. The summed E-state index contributed by atoms with van der Waals surface area (Å²) in [5, 5.41) is 2.42. The lowest BCUT2D eigenvalue weighted by Crippen LogP contribution is -2.94. The van der Waals surface area contributed by atoms with Crippen LogP contribution in [0.3, 0.4) is 0 Å². The van der Waals surface area contributed by atoms with E-state index in [2.05, 4.69) is 58.1 Å². The predicted octanol–water partition coefficient (Wildman–Crippen LogP) is 2.97. The molecule has 0 unspecified atom stereocenters. The topological polar surface area (TPSA) is 25.8 Å². The summed E-state index contributed by atoms with van der Waals surface area (Å²) in [6.07, 6.45) is 1.20. The Balaban J connectivity index is 2.58. The zero-order valence-corrected chi connectivity index (χ0v) is 12.7. The first-order chi connectivity index (χ1) is 8.22. The molecule has 0 radical (unpaired) electrons. The summed E-state index contributed by atoms with van der Waals surface area (Å²) in [5.74, 6) is 0.939. The van der Waals surface area contributed by atoms with Crippen LogP contribution in [0.15, 0.2) is 24.3 Å². The average Bonchev–Trinajstić information content (AvgIpc) is 2.24. The van der Waals surface area contributed by atoms with Crippen molar-refractivity contribution in [3.63, 3.8) is 0 Å². The van der Waals surface area contributed by atoms with Gasteiger partial charge < -0.3 is 10.1 Å². The normalized spacial score (nSPS) is 12.6. The van der Waals surface area contributed by atoms with E-state index in [4.69, 9.17) is 4.74 Å². The number of nitrogens with two attached hydrogens (primary N) is 1. The number of hydrogen-bond donors (Lipinski definition) is 1. The van der Waals surface area contributed by atoms with Gasteiger partial charge in [0.15, 0.2) is 0 Å². The maximum Gasteiger partial charge on any atom is 0.119 e. The summed E-state index contributed by atoms with van der Waals surface area (Å²) in [5.41, 5.74) is 1.95. The highest BCUT2D eigenvalue weighted by Crippen LogP contribution is 2.24. The summed E-state index contributed by atoms with van der Waals surface area (Å²) in [6.45, 7) is 12.5. The van der Waals surface area contributed by atoms with Gasteiger partial charge in [-0.3, -0.25) is 0 Å². The molecule has 0 aliphatic rings. The van der Waals surface area contributed by atoms with Gasteiger partial charge in [-0.05, 0) is 31.4 Å². The van der Waals surface area contributed by atoms with Gasteiger partial charge in [0.25, 0.3) is 0 Å². The highest BCUT2D eigenvalue weighted by atomic mass is 16.5. The summed E-state index contributed by atoms with van der Waals surface area (Å²) in [6, 6.07) is 8.32. The van der Waals surface area contributed by atoms with E-state index < -0.39 is 0 Å². The van der Waals surface area contributed by atoms with E-state index in [1.807, 2.05) is 6.07 Å².